The minimum Gasteiger partial charge on any atom is -0.354 e. The first-order valence-electron chi connectivity index (χ1n) is 8.74. The molecule has 2 heterocycles. The van der Waals surface area contributed by atoms with Crippen molar-refractivity contribution in [3.63, 3.8) is 0 Å². The summed E-state index contributed by atoms with van der Waals surface area (Å²) < 4.78 is 0. The predicted octanol–water partition coefficient (Wildman–Crippen LogP) is 5.59. The van der Waals surface area contributed by atoms with Crippen LogP contribution >= 0.6 is 11.6 Å². The Balaban J connectivity index is 1.59. The van der Waals surface area contributed by atoms with Gasteiger partial charge in [-0.25, -0.2) is 0 Å². The maximum atomic E-state index is 12.6. The lowest BCUT2D eigenvalue weighted by molar-refractivity contribution is 0.102. The molecule has 0 bridgehead atoms. The molecule has 0 saturated carbocycles. The highest BCUT2D eigenvalue weighted by Crippen LogP contribution is 2.25. The van der Waals surface area contributed by atoms with E-state index in [1.807, 2.05) is 49.4 Å². The Kier molecular flexibility index (Phi) is 4.91. The highest BCUT2D eigenvalue weighted by atomic mass is 35.5. The molecule has 4 rings (SSSR count). The molecule has 138 valence electrons. The minimum absolute atomic E-state index is 0.301. The van der Waals surface area contributed by atoms with Crippen molar-refractivity contribution in [1.29, 1.82) is 0 Å². The summed E-state index contributed by atoms with van der Waals surface area (Å²) in [6.45, 7) is 1.91. The molecule has 0 fully saturated rings. The second-order valence-electron chi connectivity index (χ2n) is 6.35. The van der Waals surface area contributed by atoms with Crippen LogP contribution in [0.25, 0.3) is 10.9 Å². The van der Waals surface area contributed by atoms with Crippen molar-refractivity contribution in [2.24, 2.45) is 0 Å². The van der Waals surface area contributed by atoms with Crippen LogP contribution in [-0.4, -0.2) is 15.9 Å². The normalized spacial score (nSPS) is 10.6. The Labute approximate surface area is 167 Å². The Morgan fingerprint density at radius 2 is 1.79 bits per heavy atom. The van der Waals surface area contributed by atoms with Crippen LogP contribution < -0.4 is 10.6 Å². The first-order chi connectivity index (χ1) is 13.6. The van der Waals surface area contributed by atoms with Crippen molar-refractivity contribution in [3.8, 4) is 0 Å². The summed E-state index contributed by atoms with van der Waals surface area (Å²) in [5, 5.41) is 7.79. The number of benzene rings is 2. The van der Waals surface area contributed by atoms with Crippen LogP contribution in [0.1, 0.15) is 16.1 Å². The third-order valence-electron chi connectivity index (χ3n) is 4.35. The number of hydrogen-bond acceptors (Lipinski definition) is 4. The zero-order chi connectivity index (χ0) is 19.5. The molecule has 5 nitrogen and oxygen atoms in total. The number of carbonyl (C=O) groups is 1. The van der Waals surface area contributed by atoms with Crippen LogP contribution in [0.4, 0.5) is 17.1 Å². The van der Waals surface area contributed by atoms with Crippen LogP contribution in [0.15, 0.2) is 73.1 Å². The molecule has 6 heteroatoms. The maximum absolute atomic E-state index is 12.6. The Morgan fingerprint density at radius 1 is 0.929 bits per heavy atom. The fraction of sp³-hybridized carbons (Fsp3) is 0.0455. The van der Waals surface area contributed by atoms with Gasteiger partial charge < -0.3 is 10.6 Å². The van der Waals surface area contributed by atoms with Gasteiger partial charge in [-0.2, -0.15) is 0 Å². The van der Waals surface area contributed by atoms with Gasteiger partial charge >= 0.3 is 0 Å². The summed E-state index contributed by atoms with van der Waals surface area (Å²) in [5.41, 5.74) is 4.37. The molecular weight excluding hydrogens is 372 g/mol. The van der Waals surface area contributed by atoms with Crippen molar-refractivity contribution in [2.45, 2.75) is 6.92 Å². The second kappa shape index (κ2) is 7.66. The van der Waals surface area contributed by atoms with Gasteiger partial charge in [0.05, 0.1) is 11.2 Å². The molecule has 2 aromatic carbocycles. The maximum Gasteiger partial charge on any atom is 0.274 e. The molecule has 0 radical (unpaired) electrons. The van der Waals surface area contributed by atoms with E-state index in [0.717, 1.165) is 27.8 Å². The second-order valence-corrected chi connectivity index (χ2v) is 6.79. The van der Waals surface area contributed by atoms with E-state index >= 15 is 0 Å². The van der Waals surface area contributed by atoms with Crippen molar-refractivity contribution < 1.29 is 4.79 Å². The molecule has 28 heavy (non-hydrogen) atoms. The average molecular weight is 389 g/mol. The zero-order valence-corrected chi connectivity index (χ0v) is 15.9. The Bertz CT molecular complexity index is 1170. The topological polar surface area (TPSA) is 66.9 Å². The molecule has 0 atom stereocenters. The summed E-state index contributed by atoms with van der Waals surface area (Å²) in [7, 11) is 0. The van der Waals surface area contributed by atoms with E-state index < -0.39 is 0 Å². The number of nitrogens with one attached hydrogen (secondary N) is 2. The first kappa shape index (κ1) is 17.9. The fourth-order valence-electron chi connectivity index (χ4n) is 2.91. The van der Waals surface area contributed by atoms with E-state index in [4.69, 9.17) is 11.6 Å². The van der Waals surface area contributed by atoms with Crippen LogP contribution in [0.5, 0.6) is 0 Å². The summed E-state index contributed by atoms with van der Waals surface area (Å²) in [6, 6.07) is 18.7. The lowest BCUT2D eigenvalue weighted by Crippen LogP contribution is -2.14. The van der Waals surface area contributed by atoms with Gasteiger partial charge in [0.15, 0.2) is 0 Å². The molecular formula is C22H17ClN4O. The lowest BCUT2D eigenvalue weighted by atomic mass is 10.2. The Morgan fingerprint density at radius 3 is 2.68 bits per heavy atom. The number of fused-ring (bicyclic) bond motifs is 1. The van der Waals surface area contributed by atoms with E-state index in [0.29, 0.717) is 16.4 Å². The lowest BCUT2D eigenvalue weighted by Gasteiger charge is -2.11. The summed E-state index contributed by atoms with van der Waals surface area (Å²) in [4.78, 5) is 21.3. The van der Waals surface area contributed by atoms with E-state index in [1.165, 1.54) is 0 Å². The third kappa shape index (κ3) is 3.80. The first-order valence-corrected chi connectivity index (χ1v) is 9.12. The van der Waals surface area contributed by atoms with Gasteiger partial charge in [0.25, 0.3) is 5.91 Å². The van der Waals surface area contributed by atoms with Gasteiger partial charge in [-0.3, -0.25) is 14.8 Å². The Hall–Kier alpha value is -3.44. The number of pyridine rings is 2. The van der Waals surface area contributed by atoms with Crippen LogP contribution in [0, 0.1) is 6.92 Å². The molecule has 0 aliphatic heterocycles. The standard InChI is InChI=1S/C22H17ClN4O/c1-14-7-8-16(23)12-19(14)27-22(28)20-13-17(9-11-24-20)26-18-6-2-4-15-5-3-10-25-21(15)18/h2-13H,1H3,(H,24,26)(H,27,28). The number of hydrogen-bond donors (Lipinski definition) is 2. The van der Waals surface area contributed by atoms with Gasteiger partial charge in [0.2, 0.25) is 0 Å². The molecule has 0 saturated heterocycles. The number of amides is 1. The van der Waals surface area contributed by atoms with Crippen LogP contribution in [0.3, 0.4) is 0 Å². The predicted molar refractivity (Wildman–Crippen MR) is 113 cm³/mol. The third-order valence-corrected chi connectivity index (χ3v) is 4.59. The van der Waals surface area contributed by atoms with Gasteiger partial charge in [-0.05, 0) is 48.9 Å². The number of carbonyl (C=O) groups excluding carboxylic acids is 1. The average Bonchev–Trinajstić information content (AvgIpc) is 2.71. The highest BCUT2D eigenvalue weighted by molar-refractivity contribution is 6.31. The van der Waals surface area contributed by atoms with Gasteiger partial charge in [-0.15, -0.1) is 0 Å². The number of para-hydroxylation sites is 1. The number of aryl methyl sites for hydroxylation is 1. The highest BCUT2D eigenvalue weighted by Gasteiger charge is 2.11. The van der Waals surface area contributed by atoms with Crippen molar-refractivity contribution in [2.75, 3.05) is 10.6 Å². The van der Waals surface area contributed by atoms with Gasteiger partial charge in [-0.1, -0.05) is 35.9 Å². The van der Waals surface area contributed by atoms with E-state index in [9.17, 15) is 4.79 Å². The fourth-order valence-corrected chi connectivity index (χ4v) is 3.08. The van der Waals surface area contributed by atoms with Gasteiger partial charge in [0.1, 0.15) is 5.69 Å². The van der Waals surface area contributed by atoms with E-state index in [2.05, 4.69) is 20.6 Å². The monoisotopic (exact) mass is 388 g/mol. The molecule has 0 aliphatic carbocycles. The van der Waals surface area contributed by atoms with Crippen molar-refractivity contribution in [3.05, 3.63) is 89.3 Å². The van der Waals surface area contributed by atoms with Crippen molar-refractivity contribution >= 4 is 45.5 Å². The molecule has 1 amide bonds. The molecule has 0 unspecified atom stereocenters. The minimum atomic E-state index is -0.301. The number of anilines is 3. The van der Waals surface area contributed by atoms with Crippen LogP contribution in [-0.2, 0) is 0 Å². The number of nitrogens with zero attached hydrogens (tertiary/aromatic N) is 2. The number of rotatable bonds is 4. The molecule has 0 aliphatic rings. The van der Waals surface area contributed by atoms with Gasteiger partial charge in [0, 0.05) is 34.2 Å². The van der Waals surface area contributed by atoms with Crippen molar-refractivity contribution in [1.82, 2.24) is 9.97 Å². The number of halogens is 1. The quantitative estimate of drug-likeness (QED) is 0.478. The van der Waals surface area contributed by atoms with Crippen LogP contribution in [0.2, 0.25) is 5.02 Å². The summed E-state index contributed by atoms with van der Waals surface area (Å²) in [5.74, 6) is -0.301. The summed E-state index contributed by atoms with van der Waals surface area (Å²) in [6.07, 6.45) is 3.35. The molecule has 0 spiro atoms. The zero-order valence-electron chi connectivity index (χ0n) is 15.1. The molecule has 4 aromatic rings. The van der Waals surface area contributed by atoms with E-state index in [1.54, 1.807) is 30.6 Å². The molecule has 2 aromatic heterocycles. The number of aromatic nitrogens is 2. The smallest absolute Gasteiger partial charge is 0.274 e. The van der Waals surface area contributed by atoms with E-state index in [-0.39, 0.29) is 5.91 Å². The summed E-state index contributed by atoms with van der Waals surface area (Å²) >= 11 is 6.03. The largest absolute Gasteiger partial charge is 0.354 e. The SMILES string of the molecule is Cc1ccc(Cl)cc1NC(=O)c1cc(Nc2cccc3cccnc23)ccn1. The molecule has 2 N–H and O–H groups in total.